The van der Waals surface area contributed by atoms with Gasteiger partial charge >= 0.3 is 0 Å². The highest BCUT2D eigenvalue weighted by Gasteiger charge is 2.12. The van der Waals surface area contributed by atoms with Crippen LogP contribution in [0.2, 0.25) is 5.02 Å². The molecule has 0 fully saturated rings. The summed E-state index contributed by atoms with van der Waals surface area (Å²) < 4.78 is 26.1. The molecule has 1 amide bonds. The first kappa shape index (κ1) is 14.3. The van der Waals surface area contributed by atoms with E-state index in [0.717, 1.165) is 12.1 Å². The number of aryl methyl sites for hydroxylation is 1. The first-order valence-electron chi connectivity index (χ1n) is 5.70. The summed E-state index contributed by atoms with van der Waals surface area (Å²) in [7, 11) is 0. The van der Waals surface area contributed by atoms with Gasteiger partial charge in [0.25, 0.3) is 5.91 Å². The van der Waals surface area contributed by atoms with Crippen molar-refractivity contribution in [2.24, 2.45) is 0 Å². The van der Waals surface area contributed by atoms with Gasteiger partial charge in [-0.2, -0.15) is 0 Å². The molecule has 0 saturated heterocycles. The Hall–Kier alpha value is -2.14. The third kappa shape index (κ3) is 3.05. The highest BCUT2D eigenvalue weighted by Crippen LogP contribution is 2.27. The van der Waals surface area contributed by atoms with Gasteiger partial charge < -0.3 is 11.1 Å². The Labute approximate surface area is 119 Å². The van der Waals surface area contributed by atoms with Gasteiger partial charge in [-0.15, -0.1) is 0 Å². The maximum absolute atomic E-state index is 13.1. The van der Waals surface area contributed by atoms with Gasteiger partial charge in [0, 0.05) is 17.3 Å². The van der Waals surface area contributed by atoms with Gasteiger partial charge in [0.1, 0.15) is 11.6 Å². The molecule has 104 valence electrons. The van der Waals surface area contributed by atoms with Gasteiger partial charge in [-0.05, 0) is 36.8 Å². The minimum absolute atomic E-state index is 0.116. The Morgan fingerprint density at radius 1 is 1.15 bits per heavy atom. The van der Waals surface area contributed by atoms with E-state index in [-0.39, 0.29) is 10.6 Å². The van der Waals surface area contributed by atoms with Gasteiger partial charge in [0.05, 0.1) is 10.7 Å². The lowest BCUT2D eigenvalue weighted by molar-refractivity contribution is 0.102. The molecule has 2 rings (SSSR count). The maximum atomic E-state index is 13.1. The first-order valence-corrected chi connectivity index (χ1v) is 6.07. The second-order valence-electron chi connectivity index (χ2n) is 4.30. The van der Waals surface area contributed by atoms with E-state index in [4.69, 9.17) is 17.3 Å². The SMILES string of the molecule is Cc1cc(N)c(Cl)cc1NC(=O)c1cc(F)cc(F)c1. The van der Waals surface area contributed by atoms with Crippen molar-refractivity contribution in [3.8, 4) is 0 Å². The Morgan fingerprint density at radius 3 is 2.35 bits per heavy atom. The Kier molecular flexibility index (Phi) is 3.90. The van der Waals surface area contributed by atoms with Crippen LogP contribution in [0.1, 0.15) is 15.9 Å². The molecule has 2 aromatic carbocycles. The minimum atomic E-state index is -0.817. The van der Waals surface area contributed by atoms with Gasteiger partial charge in [0.15, 0.2) is 0 Å². The summed E-state index contributed by atoms with van der Waals surface area (Å²) in [6.45, 7) is 1.73. The fourth-order valence-corrected chi connectivity index (χ4v) is 1.88. The lowest BCUT2D eigenvalue weighted by Crippen LogP contribution is -2.13. The summed E-state index contributed by atoms with van der Waals surface area (Å²) in [5.74, 6) is -2.27. The van der Waals surface area contributed by atoms with E-state index in [1.54, 1.807) is 13.0 Å². The van der Waals surface area contributed by atoms with Crippen LogP contribution in [-0.2, 0) is 0 Å². The van der Waals surface area contributed by atoms with Crippen molar-refractivity contribution in [3.05, 3.63) is 58.1 Å². The molecule has 0 aliphatic rings. The van der Waals surface area contributed by atoms with Gasteiger partial charge in [0.2, 0.25) is 0 Å². The topological polar surface area (TPSA) is 55.1 Å². The summed E-state index contributed by atoms with van der Waals surface area (Å²) in [6, 6.07) is 5.69. The molecule has 0 heterocycles. The number of benzene rings is 2. The molecular weight excluding hydrogens is 286 g/mol. The van der Waals surface area contributed by atoms with E-state index < -0.39 is 17.5 Å². The molecular formula is C14H11ClF2N2O. The van der Waals surface area contributed by atoms with Crippen molar-refractivity contribution < 1.29 is 13.6 Å². The van der Waals surface area contributed by atoms with Crippen LogP contribution < -0.4 is 11.1 Å². The molecule has 0 unspecified atom stereocenters. The molecule has 0 radical (unpaired) electrons. The molecule has 3 N–H and O–H groups in total. The van der Waals surface area contributed by atoms with Crippen molar-refractivity contribution >= 4 is 28.9 Å². The second kappa shape index (κ2) is 5.46. The first-order chi connectivity index (χ1) is 9.36. The van der Waals surface area contributed by atoms with Crippen LogP contribution in [0, 0.1) is 18.6 Å². The number of nitrogens with one attached hydrogen (secondary N) is 1. The van der Waals surface area contributed by atoms with Crippen molar-refractivity contribution in [1.29, 1.82) is 0 Å². The molecule has 0 aromatic heterocycles. The third-order valence-corrected chi connectivity index (χ3v) is 3.04. The van der Waals surface area contributed by atoms with Crippen LogP contribution in [0.4, 0.5) is 20.2 Å². The number of carbonyl (C=O) groups excluding carboxylic acids is 1. The van der Waals surface area contributed by atoms with Gasteiger partial charge in [-0.25, -0.2) is 8.78 Å². The fraction of sp³-hybridized carbons (Fsp3) is 0.0714. The average molecular weight is 297 g/mol. The number of nitrogen functional groups attached to an aromatic ring is 1. The summed E-state index contributed by atoms with van der Waals surface area (Å²) in [4.78, 5) is 11.9. The monoisotopic (exact) mass is 296 g/mol. The van der Waals surface area contributed by atoms with E-state index in [2.05, 4.69) is 5.32 Å². The van der Waals surface area contributed by atoms with E-state index in [1.807, 2.05) is 0 Å². The Bertz CT molecular complexity index is 669. The van der Waals surface area contributed by atoms with Crippen molar-refractivity contribution in [2.45, 2.75) is 6.92 Å². The zero-order valence-corrected chi connectivity index (χ0v) is 11.3. The van der Waals surface area contributed by atoms with E-state index in [9.17, 15) is 13.6 Å². The number of amides is 1. The molecule has 3 nitrogen and oxygen atoms in total. The van der Waals surface area contributed by atoms with Crippen LogP contribution in [0.3, 0.4) is 0 Å². The van der Waals surface area contributed by atoms with Crippen LogP contribution >= 0.6 is 11.6 Å². The average Bonchev–Trinajstić information content (AvgIpc) is 2.34. The molecule has 0 aliphatic heterocycles. The summed E-state index contributed by atoms with van der Waals surface area (Å²) in [6.07, 6.45) is 0. The second-order valence-corrected chi connectivity index (χ2v) is 4.71. The molecule has 6 heteroatoms. The normalized spacial score (nSPS) is 10.4. The number of carbonyl (C=O) groups is 1. The van der Waals surface area contributed by atoms with Crippen LogP contribution in [0.15, 0.2) is 30.3 Å². The minimum Gasteiger partial charge on any atom is -0.398 e. The predicted octanol–water partition coefficient (Wildman–Crippen LogP) is 3.76. The van der Waals surface area contributed by atoms with Crippen LogP contribution in [-0.4, -0.2) is 5.91 Å². The largest absolute Gasteiger partial charge is 0.398 e. The van der Waals surface area contributed by atoms with Gasteiger partial charge in [-0.3, -0.25) is 4.79 Å². The zero-order chi connectivity index (χ0) is 14.9. The van der Waals surface area contributed by atoms with Crippen LogP contribution in [0.25, 0.3) is 0 Å². The molecule has 0 aliphatic carbocycles. The molecule has 0 bridgehead atoms. The number of hydrogen-bond donors (Lipinski definition) is 2. The fourth-order valence-electron chi connectivity index (χ4n) is 1.72. The Morgan fingerprint density at radius 2 is 1.75 bits per heavy atom. The summed E-state index contributed by atoms with van der Waals surface area (Å²) in [5.41, 5.74) is 7.02. The van der Waals surface area contributed by atoms with Crippen molar-refractivity contribution in [1.82, 2.24) is 0 Å². The highest BCUT2D eigenvalue weighted by atomic mass is 35.5. The number of rotatable bonds is 2. The Balaban J connectivity index is 2.30. The highest BCUT2D eigenvalue weighted by molar-refractivity contribution is 6.33. The quantitative estimate of drug-likeness (QED) is 0.829. The van der Waals surface area contributed by atoms with Crippen LogP contribution in [0.5, 0.6) is 0 Å². The number of nitrogens with two attached hydrogens (primary N) is 1. The summed E-state index contributed by atoms with van der Waals surface area (Å²) in [5, 5.41) is 2.82. The number of halogens is 3. The lowest BCUT2D eigenvalue weighted by atomic mass is 10.1. The zero-order valence-electron chi connectivity index (χ0n) is 10.5. The van der Waals surface area contributed by atoms with E-state index in [0.29, 0.717) is 23.0 Å². The maximum Gasteiger partial charge on any atom is 0.255 e. The predicted molar refractivity (Wildman–Crippen MR) is 74.9 cm³/mol. The molecule has 20 heavy (non-hydrogen) atoms. The summed E-state index contributed by atoms with van der Waals surface area (Å²) >= 11 is 5.87. The van der Waals surface area contributed by atoms with Crippen molar-refractivity contribution in [3.63, 3.8) is 0 Å². The number of hydrogen-bond acceptors (Lipinski definition) is 2. The molecule has 0 spiro atoms. The third-order valence-electron chi connectivity index (χ3n) is 2.72. The smallest absolute Gasteiger partial charge is 0.255 e. The number of anilines is 2. The van der Waals surface area contributed by atoms with E-state index in [1.165, 1.54) is 6.07 Å². The van der Waals surface area contributed by atoms with Crippen molar-refractivity contribution in [2.75, 3.05) is 11.1 Å². The standard InChI is InChI=1S/C14H11ClF2N2O/c1-7-2-12(18)11(15)6-13(7)19-14(20)8-3-9(16)5-10(17)4-8/h2-6H,18H2,1H3,(H,19,20). The molecule has 0 atom stereocenters. The molecule has 2 aromatic rings. The molecule has 0 saturated carbocycles. The lowest BCUT2D eigenvalue weighted by Gasteiger charge is -2.10. The van der Waals surface area contributed by atoms with E-state index >= 15 is 0 Å². The van der Waals surface area contributed by atoms with Gasteiger partial charge in [-0.1, -0.05) is 11.6 Å².